The Bertz CT molecular complexity index is 435. The Hall–Kier alpha value is -1.20. The second kappa shape index (κ2) is 5.93. The van der Waals surface area contributed by atoms with Gasteiger partial charge in [-0.05, 0) is 13.8 Å². The van der Waals surface area contributed by atoms with Crippen LogP contribution in [0.3, 0.4) is 0 Å². The number of aryl methyl sites for hydroxylation is 1. The average molecular weight is 250 g/mol. The standard InChI is InChI=1S/C12H18N4S/c1-3-16-7-11(6-15-16)10(2)13-5-4-12-8-17-9-14-12/h6-10,13H,3-5H2,1-2H3. The second-order valence-electron chi connectivity index (χ2n) is 4.03. The van der Waals surface area contributed by atoms with Crippen LogP contribution in [0, 0.1) is 0 Å². The Morgan fingerprint density at radius 2 is 2.41 bits per heavy atom. The predicted octanol–water partition coefficient (Wildman–Crippen LogP) is 2.25. The Morgan fingerprint density at radius 1 is 1.53 bits per heavy atom. The fraction of sp³-hybridized carbons (Fsp3) is 0.500. The highest BCUT2D eigenvalue weighted by Crippen LogP contribution is 2.10. The normalized spacial score (nSPS) is 12.8. The van der Waals surface area contributed by atoms with Crippen molar-refractivity contribution in [2.45, 2.75) is 32.9 Å². The maximum absolute atomic E-state index is 4.28. The molecule has 2 aromatic heterocycles. The molecule has 0 saturated heterocycles. The number of hydrogen-bond acceptors (Lipinski definition) is 4. The molecule has 2 heterocycles. The van der Waals surface area contributed by atoms with E-state index in [1.807, 2.05) is 16.4 Å². The Kier molecular flexibility index (Phi) is 4.28. The van der Waals surface area contributed by atoms with Crippen molar-refractivity contribution in [2.24, 2.45) is 0 Å². The highest BCUT2D eigenvalue weighted by atomic mass is 32.1. The summed E-state index contributed by atoms with van der Waals surface area (Å²) < 4.78 is 1.95. The van der Waals surface area contributed by atoms with E-state index in [-0.39, 0.29) is 0 Å². The van der Waals surface area contributed by atoms with Crippen LogP contribution in [-0.4, -0.2) is 21.3 Å². The molecule has 17 heavy (non-hydrogen) atoms. The monoisotopic (exact) mass is 250 g/mol. The Balaban J connectivity index is 1.78. The lowest BCUT2D eigenvalue weighted by Crippen LogP contribution is -2.21. The summed E-state index contributed by atoms with van der Waals surface area (Å²) in [7, 11) is 0. The van der Waals surface area contributed by atoms with Gasteiger partial charge in [-0.15, -0.1) is 11.3 Å². The number of aromatic nitrogens is 3. The molecule has 0 amide bonds. The lowest BCUT2D eigenvalue weighted by molar-refractivity contribution is 0.573. The van der Waals surface area contributed by atoms with Gasteiger partial charge in [-0.25, -0.2) is 4.98 Å². The van der Waals surface area contributed by atoms with Crippen molar-refractivity contribution in [1.82, 2.24) is 20.1 Å². The van der Waals surface area contributed by atoms with E-state index in [9.17, 15) is 0 Å². The molecule has 0 fully saturated rings. The molecular formula is C12H18N4S. The second-order valence-corrected chi connectivity index (χ2v) is 4.75. The van der Waals surface area contributed by atoms with Gasteiger partial charge in [0.25, 0.3) is 0 Å². The lowest BCUT2D eigenvalue weighted by Gasteiger charge is -2.10. The first-order valence-electron chi connectivity index (χ1n) is 5.92. The van der Waals surface area contributed by atoms with E-state index in [1.54, 1.807) is 11.3 Å². The third-order valence-electron chi connectivity index (χ3n) is 2.79. The largest absolute Gasteiger partial charge is 0.310 e. The molecule has 2 rings (SSSR count). The number of hydrogen-bond donors (Lipinski definition) is 1. The fourth-order valence-electron chi connectivity index (χ4n) is 1.67. The van der Waals surface area contributed by atoms with Crippen LogP contribution >= 0.6 is 11.3 Å². The Morgan fingerprint density at radius 3 is 3.06 bits per heavy atom. The maximum Gasteiger partial charge on any atom is 0.0794 e. The molecule has 1 unspecified atom stereocenters. The molecule has 0 aliphatic heterocycles. The van der Waals surface area contributed by atoms with Gasteiger partial charge in [-0.3, -0.25) is 4.68 Å². The molecule has 0 spiro atoms. The van der Waals surface area contributed by atoms with Gasteiger partial charge in [0.05, 0.1) is 17.4 Å². The van der Waals surface area contributed by atoms with Gasteiger partial charge >= 0.3 is 0 Å². The summed E-state index contributed by atoms with van der Waals surface area (Å²) in [4.78, 5) is 4.27. The topological polar surface area (TPSA) is 42.7 Å². The first kappa shape index (κ1) is 12.3. The number of nitrogens with one attached hydrogen (secondary N) is 1. The van der Waals surface area contributed by atoms with Gasteiger partial charge in [-0.2, -0.15) is 5.10 Å². The minimum atomic E-state index is 0.342. The first-order valence-corrected chi connectivity index (χ1v) is 6.86. The van der Waals surface area contributed by atoms with Crippen LogP contribution in [0.4, 0.5) is 0 Å². The van der Waals surface area contributed by atoms with Crippen LogP contribution in [0.15, 0.2) is 23.3 Å². The van der Waals surface area contributed by atoms with Crippen molar-refractivity contribution in [3.8, 4) is 0 Å². The molecule has 0 radical (unpaired) electrons. The average Bonchev–Trinajstić information content (AvgIpc) is 2.99. The van der Waals surface area contributed by atoms with Gasteiger partial charge in [-0.1, -0.05) is 0 Å². The molecule has 4 nitrogen and oxygen atoms in total. The summed E-state index contributed by atoms with van der Waals surface area (Å²) in [6.45, 7) is 6.13. The van der Waals surface area contributed by atoms with Crippen LogP contribution in [0.5, 0.6) is 0 Å². The predicted molar refractivity (Wildman–Crippen MR) is 70.1 cm³/mol. The zero-order valence-corrected chi connectivity index (χ0v) is 11.1. The summed E-state index contributed by atoms with van der Waals surface area (Å²) >= 11 is 1.65. The van der Waals surface area contributed by atoms with Gasteiger partial charge < -0.3 is 5.32 Å². The van der Waals surface area contributed by atoms with Crippen molar-refractivity contribution in [1.29, 1.82) is 0 Å². The van der Waals surface area contributed by atoms with Crippen molar-refractivity contribution in [3.63, 3.8) is 0 Å². The van der Waals surface area contributed by atoms with Crippen LogP contribution in [0.25, 0.3) is 0 Å². The van der Waals surface area contributed by atoms with Crippen LogP contribution in [0.1, 0.15) is 31.1 Å². The zero-order chi connectivity index (χ0) is 12.1. The minimum absolute atomic E-state index is 0.342. The molecule has 0 saturated carbocycles. The van der Waals surface area contributed by atoms with Crippen molar-refractivity contribution in [2.75, 3.05) is 6.54 Å². The Labute approximate surface area is 106 Å². The third-order valence-corrected chi connectivity index (χ3v) is 3.43. The summed E-state index contributed by atoms with van der Waals surface area (Å²) in [5.74, 6) is 0. The SMILES string of the molecule is CCn1cc(C(C)NCCc2cscn2)cn1. The zero-order valence-electron chi connectivity index (χ0n) is 10.3. The molecule has 0 aromatic carbocycles. The number of nitrogens with zero attached hydrogens (tertiary/aromatic N) is 3. The number of rotatable bonds is 6. The smallest absolute Gasteiger partial charge is 0.0794 e. The highest BCUT2D eigenvalue weighted by Gasteiger charge is 2.07. The third kappa shape index (κ3) is 3.38. The number of thiazole rings is 1. The quantitative estimate of drug-likeness (QED) is 0.855. The molecule has 0 bridgehead atoms. The van der Waals surface area contributed by atoms with E-state index in [0.29, 0.717) is 6.04 Å². The van der Waals surface area contributed by atoms with Gasteiger partial charge in [0.1, 0.15) is 0 Å². The van der Waals surface area contributed by atoms with Gasteiger partial charge in [0.15, 0.2) is 0 Å². The van der Waals surface area contributed by atoms with Crippen molar-refractivity contribution in [3.05, 3.63) is 34.5 Å². The van der Waals surface area contributed by atoms with Crippen LogP contribution in [-0.2, 0) is 13.0 Å². The van der Waals surface area contributed by atoms with Crippen LogP contribution in [0.2, 0.25) is 0 Å². The summed E-state index contributed by atoms with van der Waals surface area (Å²) in [5.41, 5.74) is 4.29. The van der Waals surface area contributed by atoms with E-state index in [0.717, 1.165) is 19.5 Å². The molecule has 0 aliphatic carbocycles. The molecule has 1 atom stereocenters. The van der Waals surface area contributed by atoms with E-state index in [4.69, 9.17) is 0 Å². The van der Waals surface area contributed by atoms with E-state index in [1.165, 1.54) is 11.3 Å². The van der Waals surface area contributed by atoms with E-state index < -0.39 is 0 Å². The molecule has 92 valence electrons. The first-order chi connectivity index (χ1) is 8.29. The summed E-state index contributed by atoms with van der Waals surface area (Å²) in [5, 5.41) is 9.86. The fourth-order valence-corrected chi connectivity index (χ4v) is 2.26. The summed E-state index contributed by atoms with van der Waals surface area (Å²) in [6.07, 6.45) is 5.01. The van der Waals surface area contributed by atoms with E-state index in [2.05, 4.69) is 40.8 Å². The van der Waals surface area contributed by atoms with Gasteiger partial charge in [0.2, 0.25) is 0 Å². The molecule has 1 N–H and O–H groups in total. The maximum atomic E-state index is 4.28. The molecule has 0 aliphatic rings. The molecule has 2 aromatic rings. The van der Waals surface area contributed by atoms with Crippen molar-refractivity contribution >= 4 is 11.3 Å². The lowest BCUT2D eigenvalue weighted by atomic mass is 10.2. The summed E-state index contributed by atoms with van der Waals surface area (Å²) in [6, 6.07) is 0.342. The van der Waals surface area contributed by atoms with Gasteiger partial charge in [0, 0.05) is 42.7 Å². The minimum Gasteiger partial charge on any atom is -0.310 e. The van der Waals surface area contributed by atoms with Crippen molar-refractivity contribution < 1.29 is 0 Å². The molecular weight excluding hydrogens is 232 g/mol. The molecule has 5 heteroatoms. The van der Waals surface area contributed by atoms with E-state index >= 15 is 0 Å². The van der Waals surface area contributed by atoms with Crippen LogP contribution < -0.4 is 5.32 Å². The highest BCUT2D eigenvalue weighted by molar-refractivity contribution is 7.07.